The number of nitrogens with zero attached hydrogens (tertiary/aromatic N) is 2. The summed E-state index contributed by atoms with van der Waals surface area (Å²) >= 11 is 1.26. The van der Waals surface area contributed by atoms with Gasteiger partial charge in [0, 0.05) is 30.7 Å². The van der Waals surface area contributed by atoms with Gasteiger partial charge in [-0.2, -0.15) is 0 Å². The Kier molecular flexibility index (Phi) is 7.16. The number of primary amides is 1. The fourth-order valence-electron chi connectivity index (χ4n) is 4.15. The number of hydrogen-bond donors (Lipinski definition) is 3. The van der Waals surface area contributed by atoms with Crippen LogP contribution < -0.4 is 11.1 Å². The molecule has 2 aliphatic heterocycles. The third kappa shape index (κ3) is 5.50. The van der Waals surface area contributed by atoms with E-state index in [1.807, 2.05) is 0 Å². The molecule has 2 aromatic rings. The van der Waals surface area contributed by atoms with E-state index in [1.54, 1.807) is 62.3 Å². The zero-order valence-corrected chi connectivity index (χ0v) is 20.6. The molecule has 1 fully saturated rings. The second-order valence-electron chi connectivity index (χ2n) is 9.20. The largest absolute Gasteiger partial charge is 0.386 e. The minimum absolute atomic E-state index is 0.0221. The summed E-state index contributed by atoms with van der Waals surface area (Å²) < 4.78 is 20.2. The van der Waals surface area contributed by atoms with E-state index in [4.69, 9.17) is 10.5 Å². The van der Waals surface area contributed by atoms with Crippen molar-refractivity contribution in [2.45, 2.75) is 37.3 Å². The Bertz CT molecular complexity index is 1170. The lowest BCUT2D eigenvalue weighted by Crippen LogP contribution is -2.33. The highest BCUT2D eigenvalue weighted by atomic mass is 32.2. The number of aliphatic hydroxyl groups is 1. The molecule has 3 atom stereocenters. The van der Waals surface area contributed by atoms with Gasteiger partial charge in [0.15, 0.2) is 0 Å². The summed E-state index contributed by atoms with van der Waals surface area (Å²) in [6, 6.07) is 9.60. The number of nitrogens with two attached hydrogens (primary N) is 1. The van der Waals surface area contributed by atoms with Crippen molar-refractivity contribution in [1.29, 1.82) is 0 Å². The maximum absolute atomic E-state index is 14.9. The van der Waals surface area contributed by atoms with Crippen LogP contribution in [0.1, 0.15) is 41.9 Å². The van der Waals surface area contributed by atoms with E-state index >= 15 is 0 Å². The third-order valence-corrected chi connectivity index (χ3v) is 7.48. The quantitative estimate of drug-likeness (QED) is 0.535. The van der Waals surface area contributed by atoms with Crippen LogP contribution in [0.15, 0.2) is 42.5 Å². The SMILES string of the molecule is CO[C@H]1CCN(C(=O)c2cccc(NC3SC(c4ccc(C(C)(C)O)cc4F)=CC3C(N)=O)n2)C1. The number of halogens is 1. The standard InChI is InChI=1S/C25H29FN4O4S/c1-25(2,33)14-7-8-16(18(26)11-14)20-12-17(22(27)31)23(35-20)29-21-6-4-5-19(28-21)24(32)30-10-9-15(13-30)34-3/h4-8,11-12,15,17,23,33H,9-10,13H2,1-3H3,(H2,27,31)(H,28,29)/t15-,17?,23?/m0/s1. The maximum Gasteiger partial charge on any atom is 0.272 e. The van der Waals surface area contributed by atoms with Gasteiger partial charge in [0.1, 0.15) is 17.3 Å². The Hall–Kier alpha value is -2.95. The van der Waals surface area contributed by atoms with Gasteiger partial charge in [0.2, 0.25) is 5.91 Å². The molecule has 2 unspecified atom stereocenters. The predicted molar refractivity (Wildman–Crippen MR) is 133 cm³/mol. The van der Waals surface area contributed by atoms with Gasteiger partial charge in [-0.05, 0) is 44.0 Å². The van der Waals surface area contributed by atoms with Gasteiger partial charge in [-0.15, -0.1) is 0 Å². The average Bonchev–Trinajstić information content (AvgIpc) is 3.45. The Morgan fingerprint density at radius 1 is 1.31 bits per heavy atom. The Labute approximate surface area is 207 Å². The first kappa shape index (κ1) is 25.2. The van der Waals surface area contributed by atoms with Crippen molar-refractivity contribution in [3.63, 3.8) is 0 Å². The third-order valence-electron chi connectivity index (χ3n) is 6.20. The predicted octanol–water partition coefficient (Wildman–Crippen LogP) is 2.94. The van der Waals surface area contributed by atoms with Crippen LogP contribution in [-0.2, 0) is 15.1 Å². The molecule has 1 aromatic carbocycles. The Morgan fingerprint density at radius 3 is 2.71 bits per heavy atom. The van der Waals surface area contributed by atoms with Gasteiger partial charge in [0.05, 0.1) is 23.0 Å². The van der Waals surface area contributed by atoms with Crippen molar-refractivity contribution < 1.29 is 23.8 Å². The molecule has 0 bridgehead atoms. The zero-order valence-electron chi connectivity index (χ0n) is 19.8. The molecule has 0 radical (unpaired) electrons. The summed E-state index contributed by atoms with van der Waals surface area (Å²) in [5.41, 5.74) is 5.50. The highest BCUT2D eigenvalue weighted by Gasteiger charge is 2.35. The molecule has 4 rings (SSSR count). The molecule has 1 aromatic heterocycles. The van der Waals surface area contributed by atoms with E-state index < -0.39 is 28.6 Å². The summed E-state index contributed by atoms with van der Waals surface area (Å²) in [4.78, 5) is 31.7. The number of anilines is 1. The number of aromatic nitrogens is 1. The van der Waals surface area contributed by atoms with Crippen molar-refractivity contribution in [3.8, 4) is 0 Å². The van der Waals surface area contributed by atoms with E-state index in [-0.39, 0.29) is 17.7 Å². The van der Waals surface area contributed by atoms with Crippen LogP contribution in [0.25, 0.3) is 4.91 Å². The van der Waals surface area contributed by atoms with E-state index in [0.717, 1.165) is 6.42 Å². The van der Waals surface area contributed by atoms with Gasteiger partial charge >= 0.3 is 0 Å². The number of carbonyl (C=O) groups excluding carboxylic acids is 2. The number of nitrogens with one attached hydrogen (secondary N) is 1. The maximum atomic E-state index is 14.9. The monoisotopic (exact) mass is 500 g/mol. The van der Waals surface area contributed by atoms with Gasteiger partial charge < -0.3 is 25.8 Å². The molecule has 0 aliphatic carbocycles. The number of thioether (sulfide) groups is 1. The summed E-state index contributed by atoms with van der Waals surface area (Å²) in [5, 5.41) is 12.8. The van der Waals surface area contributed by atoms with E-state index in [0.29, 0.717) is 34.9 Å². The lowest BCUT2D eigenvalue weighted by molar-refractivity contribution is -0.120. The topological polar surface area (TPSA) is 118 Å². The molecule has 2 aliphatic rings. The summed E-state index contributed by atoms with van der Waals surface area (Å²) in [7, 11) is 1.63. The molecular weight excluding hydrogens is 471 g/mol. The fraction of sp³-hybridized carbons (Fsp3) is 0.400. The number of rotatable bonds is 7. The summed E-state index contributed by atoms with van der Waals surface area (Å²) in [6.45, 7) is 4.28. The van der Waals surface area contributed by atoms with Gasteiger partial charge in [-0.25, -0.2) is 9.37 Å². The fourth-order valence-corrected chi connectivity index (χ4v) is 5.48. The molecule has 1 saturated heterocycles. The van der Waals surface area contributed by atoms with Crippen LogP contribution in [0, 0.1) is 11.7 Å². The van der Waals surface area contributed by atoms with E-state index in [2.05, 4.69) is 10.3 Å². The molecule has 0 spiro atoms. The van der Waals surface area contributed by atoms with Crippen molar-refractivity contribution in [2.24, 2.45) is 11.7 Å². The van der Waals surface area contributed by atoms with Crippen LogP contribution in [0.2, 0.25) is 0 Å². The first-order valence-electron chi connectivity index (χ1n) is 11.3. The number of likely N-dealkylation sites (tertiary alicyclic amines) is 1. The van der Waals surface area contributed by atoms with Crippen molar-refractivity contribution in [3.05, 3.63) is 65.1 Å². The number of hydrogen-bond acceptors (Lipinski definition) is 7. The van der Waals surface area contributed by atoms with Gasteiger partial charge in [-0.3, -0.25) is 9.59 Å². The molecule has 35 heavy (non-hydrogen) atoms. The molecular formula is C25H29FN4O4S. The summed E-state index contributed by atoms with van der Waals surface area (Å²) in [5.74, 6) is -1.56. The highest BCUT2D eigenvalue weighted by molar-refractivity contribution is 8.09. The smallest absolute Gasteiger partial charge is 0.272 e. The molecule has 10 heteroatoms. The minimum atomic E-state index is -1.18. The molecule has 4 N–H and O–H groups in total. The lowest BCUT2D eigenvalue weighted by Gasteiger charge is -2.20. The summed E-state index contributed by atoms with van der Waals surface area (Å²) in [6.07, 6.45) is 2.44. The van der Waals surface area contributed by atoms with Crippen molar-refractivity contribution >= 4 is 34.3 Å². The van der Waals surface area contributed by atoms with E-state index in [9.17, 15) is 19.1 Å². The van der Waals surface area contributed by atoms with Crippen LogP contribution in [0.4, 0.5) is 10.2 Å². The van der Waals surface area contributed by atoms with Crippen molar-refractivity contribution in [1.82, 2.24) is 9.88 Å². The number of pyridine rings is 1. The van der Waals surface area contributed by atoms with Crippen LogP contribution in [0.3, 0.4) is 0 Å². The minimum Gasteiger partial charge on any atom is -0.386 e. The first-order chi connectivity index (χ1) is 16.6. The van der Waals surface area contributed by atoms with Gasteiger partial charge in [-0.1, -0.05) is 36.0 Å². The molecule has 186 valence electrons. The molecule has 0 saturated carbocycles. The molecule has 2 amide bonds. The molecule has 8 nitrogen and oxygen atoms in total. The number of benzene rings is 1. The van der Waals surface area contributed by atoms with Crippen LogP contribution >= 0.6 is 11.8 Å². The number of ether oxygens (including phenoxy) is 1. The number of methoxy groups -OCH3 is 1. The number of amides is 2. The van der Waals surface area contributed by atoms with E-state index in [1.165, 1.54) is 17.8 Å². The second-order valence-corrected chi connectivity index (χ2v) is 10.4. The first-order valence-corrected chi connectivity index (χ1v) is 12.2. The Morgan fingerprint density at radius 2 is 2.09 bits per heavy atom. The van der Waals surface area contributed by atoms with Gasteiger partial charge in [0.25, 0.3) is 5.91 Å². The Balaban J connectivity index is 1.51. The number of carbonyl (C=O) groups is 2. The second kappa shape index (κ2) is 9.96. The van der Waals surface area contributed by atoms with Crippen LogP contribution in [-0.4, -0.2) is 58.5 Å². The van der Waals surface area contributed by atoms with Crippen LogP contribution in [0.5, 0.6) is 0 Å². The lowest BCUT2D eigenvalue weighted by atomic mass is 9.96. The highest BCUT2D eigenvalue weighted by Crippen LogP contribution is 2.43. The average molecular weight is 501 g/mol. The van der Waals surface area contributed by atoms with Crippen molar-refractivity contribution in [2.75, 3.05) is 25.5 Å². The zero-order chi connectivity index (χ0) is 25.3. The molecule has 3 heterocycles. The normalized spacial score (nSPS) is 22.3.